The van der Waals surface area contributed by atoms with Crippen molar-refractivity contribution in [2.45, 2.75) is 32.2 Å². The Bertz CT molecular complexity index is 1070. The number of para-hydroxylation sites is 1. The number of nitrogens with one attached hydrogen (secondary N) is 1. The molecule has 0 atom stereocenters. The van der Waals surface area contributed by atoms with Crippen LogP contribution < -0.4 is 4.72 Å². The molecule has 0 aliphatic rings. The van der Waals surface area contributed by atoms with E-state index >= 15 is 0 Å². The fraction of sp³-hybridized carbons (Fsp3) is 0.211. The number of hydrogen-bond donors (Lipinski definition) is 1. The molecule has 1 heterocycles. The monoisotopic (exact) mass is 356 g/mol. The Hall–Kier alpha value is -2.60. The Morgan fingerprint density at radius 1 is 1.04 bits per heavy atom. The first-order chi connectivity index (χ1) is 11.8. The van der Waals surface area contributed by atoms with Crippen LogP contribution in [0.1, 0.15) is 16.8 Å². The van der Waals surface area contributed by atoms with Crippen molar-refractivity contribution < 1.29 is 13.2 Å². The van der Waals surface area contributed by atoms with Crippen LogP contribution >= 0.6 is 0 Å². The Morgan fingerprint density at radius 2 is 1.76 bits per heavy atom. The Labute approximate surface area is 147 Å². The molecule has 0 saturated carbocycles. The molecule has 0 unspecified atom stereocenters. The third kappa shape index (κ3) is 3.44. The fourth-order valence-corrected chi connectivity index (χ4v) is 4.24. The zero-order valence-corrected chi connectivity index (χ0v) is 15.2. The molecular formula is C19H20N2O3S. The third-order valence-corrected chi connectivity index (χ3v) is 5.72. The Kier molecular flexibility index (Phi) is 4.39. The molecule has 3 rings (SSSR count). The fourth-order valence-electron chi connectivity index (χ4n) is 2.94. The van der Waals surface area contributed by atoms with Gasteiger partial charge < -0.3 is 4.57 Å². The predicted octanol–water partition coefficient (Wildman–Crippen LogP) is 3.07. The van der Waals surface area contributed by atoms with Crippen LogP contribution in [0, 0.1) is 20.8 Å². The molecule has 0 saturated heterocycles. The number of aromatic nitrogens is 1. The number of fused-ring (bicyclic) bond motifs is 1. The van der Waals surface area contributed by atoms with Crippen LogP contribution in [0.3, 0.4) is 0 Å². The highest BCUT2D eigenvalue weighted by atomic mass is 32.2. The Balaban J connectivity index is 1.87. The summed E-state index contributed by atoms with van der Waals surface area (Å²) in [5.74, 6) is -0.564. The quantitative estimate of drug-likeness (QED) is 0.781. The maximum atomic E-state index is 12.6. The molecule has 0 fully saturated rings. The van der Waals surface area contributed by atoms with Crippen LogP contribution in [-0.2, 0) is 21.4 Å². The van der Waals surface area contributed by atoms with Crippen molar-refractivity contribution in [2.75, 3.05) is 0 Å². The van der Waals surface area contributed by atoms with Crippen LogP contribution in [0.4, 0.5) is 0 Å². The van der Waals surface area contributed by atoms with Crippen molar-refractivity contribution in [3.05, 3.63) is 65.4 Å². The van der Waals surface area contributed by atoms with Gasteiger partial charge in [0.15, 0.2) is 0 Å². The van der Waals surface area contributed by atoms with E-state index in [-0.39, 0.29) is 11.4 Å². The summed E-state index contributed by atoms with van der Waals surface area (Å²) in [6.07, 6.45) is 0. The van der Waals surface area contributed by atoms with Gasteiger partial charge >= 0.3 is 0 Å². The van der Waals surface area contributed by atoms with E-state index in [2.05, 4.69) is 4.72 Å². The molecule has 0 bridgehead atoms. The molecule has 5 nitrogen and oxygen atoms in total. The van der Waals surface area contributed by atoms with E-state index in [1.54, 1.807) is 19.1 Å². The average Bonchev–Trinajstić information content (AvgIpc) is 2.85. The number of hydrogen-bond acceptors (Lipinski definition) is 3. The summed E-state index contributed by atoms with van der Waals surface area (Å²) in [4.78, 5) is 12.5. The minimum atomic E-state index is -3.89. The van der Waals surface area contributed by atoms with E-state index < -0.39 is 15.9 Å². The molecule has 3 aromatic rings. The highest BCUT2D eigenvalue weighted by Crippen LogP contribution is 2.20. The second-order valence-electron chi connectivity index (χ2n) is 6.23. The largest absolute Gasteiger partial charge is 0.335 e. The van der Waals surface area contributed by atoms with Crippen LogP contribution in [0.25, 0.3) is 10.9 Å². The molecule has 2 aromatic carbocycles. The zero-order valence-electron chi connectivity index (χ0n) is 14.4. The topological polar surface area (TPSA) is 68.2 Å². The minimum Gasteiger partial charge on any atom is -0.335 e. The van der Waals surface area contributed by atoms with Gasteiger partial charge in [-0.15, -0.1) is 0 Å². The first-order valence-electron chi connectivity index (χ1n) is 7.96. The van der Waals surface area contributed by atoms with Gasteiger partial charge in [-0.1, -0.05) is 30.3 Å². The summed E-state index contributed by atoms with van der Waals surface area (Å²) in [6.45, 7) is 5.37. The molecular weight excluding hydrogens is 336 g/mol. The smallest absolute Gasteiger partial charge is 0.264 e. The lowest BCUT2D eigenvalue weighted by Crippen LogP contribution is -2.34. The lowest BCUT2D eigenvalue weighted by Gasteiger charge is -2.12. The van der Waals surface area contributed by atoms with Crippen molar-refractivity contribution in [1.82, 2.24) is 9.29 Å². The lowest BCUT2D eigenvalue weighted by molar-refractivity contribution is -0.119. The van der Waals surface area contributed by atoms with Crippen molar-refractivity contribution in [1.29, 1.82) is 0 Å². The molecule has 130 valence electrons. The lowest BCUT2D eigenvalue weighted by atomic mass is 10.2. The number of nitrogens with zero attached hydrogens (tertiary/aromatic N) is 1. The van der Waals surface area contributed by atoms with Gasteiger partial charge in [0.2, 0.25) is 0 Å². The van der Waals surface area contributed by atoms with Gasteiger partial charge in [-0.25, -0.2) is 13.1 Å². The highest BCUT2D eigenvalue weighted by molar-refractivity contribution is 7.90. The van der Waals surface area contributed by atoms with E-state index in [1.807, 2.05) is 54.8 Å². The predicted molar refractivity (Wildman–Crippen MR) is 97.9 cm³/mol. The number of aryl methyl sites for hydroxylation is 3. The first kappa shape index (κ1) is 17.2. The second-order valence-corrected chi connectivity index (χ2v) is 7.88. The van der Waals surface area contributed by atoms with Crippen molar-refractivity contribution in [3.8, 4) is 0 Å². The van der Waals surface area contributed by atoms with Crippen LogP contribution in [0.5, 0.6) is 0 Å². The zero-order chi connectivity index (χ0) is 18.2. The summed E-state index contributed by atoms with van der Waals surface area (Å²) in [7, 11) is -3.89. The van der Waals surface area contributed by atoms with Gasteiger partial charge in [0.1, 0.15) is 6.54 Å². The maximum Gasteiger partial charge on any atom is 0.264 e. The normalized spacial score (nSPS) is 11.6. The number of carbonyl (C=O) groups excluding carboxylic acids is 1. The third-order valence-electron chi connectivity index (χ3n) is 4.20. The van der Waals surface area contributed by atoms with Crippen molar-refractivity contribution >= 4 is 26.8 Å². The summed E-state index contributed by atoms with van der Waals surface area (Å²) < 4.78 is 29.1. The standard InChI is InChI=1S/C19H20N2O3S/c1-13-8-9-14(2)18(10-13)25(23,24)20-19(22)12-21-15(3)11-16-6-4-5-7-17(16)21/h4-11H,12H2,1-3H3,(H,20,22). The van der Waals surface area contributed by atoms with Crippen LogP contribution in [-0.4, -0.2) is 18.9 Å². The summed E-state index contributed by atoms with van der Waals surface area (Å²) >= 11 is 0. The molecule has 0 radical (unpaired) electrons. The molecule has 1 N–H and O–H groups in total. The van der Waals surface area contributed by atoms with E-state index in [9.17, 15) is 13.2 Å². The second kappa shape index (κ2) is 6.37. The average molecular weight is 356 g/mol. The van der Waals surface area contributed by atoms with E-state index in [0.29, 0.717) is 5.56 Å². The summed E-state index contributed by atoms with van der Waals surface area (Å²) in [6, 6.07) is 14.8. The molecule has 1 amide bonds. The van der Waals surface area contributed by atoms with E-state index in [1.165, 1.54) is 0 Å². The van der Waals surface area contributed by atoms with Gasteiger partial charge in [-0.3, -0.25) is 4.79 Å². The highest BCUT2D eigenvalue weighted by Gasteiger charge is 2.21. The molecule has 0 spiro atoms. The molecule has 0 aliphatic heterocycles. The molecule has 1 aromatic heterocycles. The van der Waals surface area contributed by atoms with Crippen molar-refractivity contribution in [3.63, 3.8) is 0 Å². The number of sulfonamides is 1. The number of rotatable bonds is 4. The number of carbonyl (C=O) groups is 1. The number of benzene rings is 2. The van der Waals surface area contributed by atoms with Crippen molar-refractivity contribution in [2.24, 2.45) is 0 Å². The summed E-state index contributed by atoms with van der Waals surface area (Å²) in [5, 5.41) is 1.02. The summed E-state index contributed by atoms with van der Waals surface area (Å²) in [5.41, 5.74) is 3.24. The number of amides is 1. The van der Waals surface area contributed by atoms with Gasteiger partial charge in [-0.05, 0) is 55.5 Å². The molecule has 25 heavy (non-hydrogen) atoms. The van der Waals surface area contributed by atoms with Gasteiger partial charge in [-0.2, -0.15) is 0 Å². The van der Waals surface area contributed by atoms with Gasteiger partial charge in [0, 0.05) is 11.2 Å². The van der Waals surface area contributed by atoms with E-state index in [4.69, 9.17) is 0 Å². The maximum absolute atomic E-state index is 12.6. The van der Waals surface area contributed by atoms with Gasteiger partial charge in [0.25, 0.3) is 15.9 Å². The Morgan fingerprint density at radius 3 is 2.52 bits per heavy atom. The minimum absolute atomic E-state index is 0.0521. The first-order valence-corrected chi connectivity index (χ1v) is 9.44. The SMILES string of the molecule is Cc1ccc(C)c(S(=O)(=O)NC(=O)Cn2c(C)cc3ccccc32)c1. The van der Waals surface area contributed by atoms with Crippen LogP contribution in [0.15, 0.2) is 53.4 Å². The molecule has 0 aliphatic carbocycles. The van der Waals surface area contributed by atoms with Gasteiger partial charge in [0.05, 0.1) is 4.90 Å². The molecule has 6 heteroatoms. The van der Waals surface area contributed by atoms with E-state index in [0.717, 1.165) is 22.2 Å². The van der Waals surface area contributed by atoms with Crippen LogP contribution in [0.2, 0.25) is 0 Å².